The summed E-state index contributed by atoms with van der Waals surface area (Å²) in [5, 5.41) is 7.88. The Morgan fingerprint density at radius 2 is 1.75 bits per heavy atom. The highest BCUT2D eigenvalue weighted by molar-refractivity contribution is 7.89. The molecular formula is C23H21FN4O3S. The largest absolute Gasteiger partial charge is 0.348 e. The second-order valence-electron chi connectivity index (χ2n) is 7.10. The first-order valence-electron chi connectivity index (χ1n) is 9.98. The van der Waals surface area contributed by atoms with E-state index < -0.39 is 10.0 Å². The molecule has 0 atom stereocenters. The van der Waals surface area contributed by atoms with E-state index >= 15 is 0 Å². The summed E-state index contributed by atoms with van der Waals surface area (Å²) < 4.78 is 41.4. The lowest BCUT2D eigenvalue weighted by Crippen LogP contribution is -2.24. The van der Waals surface area contributed by atoms with Crippen molar-refractivity contribution in [1.82, 2.24) is 19.8 Å². The summed E-state index contributed by atoms with van der Waals surface area (Å²) in [4.78, 5) is 13.0. The first kappa shape index (κ1) is 21.7. The fourth-order valence-electron chi connectivity index (χ4n) is 3.37. The van der Waals surface area contributed by atoms with E-state index in [0.717, 1.165) is 11.1 Å². The maximum Gasteiger partial charge on any atom is 0.252 e. The summed E-state index contributed by atoms with van der Waals surface area (Å²) in [5.74, 6) is -0.615. The van der Waals surface area contributed by atoms with Crippen LogP contribution in [-0.4, -0.2) is 30.7 Å². The maximum absolute atomic E-state index is 13.2. The van der Waals surface area contributed by atoms with Gasteiger partial charge in [0.15, 0.2) is 0 Å². The Morgan fingerprint density at radius 3 is 2.44 bits per heavy atom. The number of hydrogen-bond donors (Lipinski definition) is 2. The molecule has 7 nitrogen and oxygen atoms in total. The van der Waals surface area contributed by atoms with Crippen LogP contribution in [0.4, 0.5) is 4.39 Å². The molecule has 0 fully saturated rings. The minimum Gasteiger partial charge on any atom is -0.348 e. The van der Waals surface area contributed by atoms with Gasteiger partial charge in [-0.3, -0.25) is 4.79 Å². The number of carbonyl (C=O) groups is 1. The highest BCUT2D eigenvalue weighted by Crippen LogP contribution is 2.22. The van der Waals surface area contributed by atoms with Crippen molar-refractivity contribution in [2.75, 3.05) is 6.54 Å². The van der Waals surface area contributed by atoms with Gasteiger partial charge in [0.25, 0.3) is 5.91 Å². The Kier molecular flexibility index (Phi) is 6.02. The molecule has 0 bridgehead atoms. The van der Waals surface area contributed by atoms with Crippen molar-refractivity contribution in [1.29, 1.82) is 0 Å². The summed E-state index contributed by atoms with van der Waals surface area (Å²) in [6.07, 6.45) is 1.61. The number of carbonyl (C=O) groups excluding carboxylic acids is 1. The van der Waals surface area contributed by atoms with E-state index in [9.17, 15) is 17.6 Å². The van der Waals surface area contributed by atoms with Crippen molar-refractivity contribution in [3.63, 3.8) is 0 Å². The molecule has 0 spiro atoms. The molecule has 0 aliphatic rings. The topological polar surface area (TPSA) is 93.1 Å². The maximum atomic E-state index is 13.2. The van der Waals surface area contributed by atoms with Crippen LogP contribution in [0.25, 0.3) is 16.6 Å². The number of sulfonamides is 1. The standard InChI is InChI=1S/C23H21FN4O3S/c1-2-27-32(30,31)19-12-6-16(7-13-19)14-25-23(29)20-4-3-5-22-21(20)15-26-28(22)18-10-8-17(24)9-11-18/h3-13,15,27H,2,14H2,1H3,(H,25,29). The number of halogens is 1. The first-order chi connectivity index (χ1) is 15.4. The minimum absolute atomic E-state index is 0.174. The van der Waals surface area contributed by atoms with Crippen molar-refractivity contribution in [2.45, 2.75) is 18.4 Å². The van der Waals surface area contributed by atoms with Gasteiger partial charge in [-0.1, -0.05) is 25.1 Å². The quantitative estimate of drug-likeness (QED) is 0.450. The summed E-state index contributed by atoms with van der Waals surface area (Å²) in [5.41, 5.74) is 2.64. The van der Waals surface area contributed by atoms with Crippen LogP contribution in [0.1, 0.15) is 22.8 Å². The predicted octanol–water partition coefficient (Wildman–Crippen LogP) is 3.39. The van der Waals surface area contributed by atoms with Crippen LogP contribution in [-0.2, 0) is 16.6 Å². The van der Waals surface area contributed by atoms with E-state index in [4.69, 9.17) is 0 Å². The van der Waals surface area contributed by atoms with Gasteiger partial charge < -0.3 is 5.32 Å². The first-order valence-corrected chi connectivity index (χ1v) is 11.5. The molecule has 4 aromatic rings. The highest BCUT2D eigenvalue weighted by Gasteiger charge is 2.15. The molecule has 1 heterocycles. The zero-order valence-corrected chi connectivity index (χ0v) is 18.1. The van der Waals surface area contributed by atoms with Crippen LogP contribution >= 0.6 is 0 Å². The SMILES string of the molecule is CCNS(=O)(=O)c1ccc(CNC(=O)c2cccc3c2cnn3-c2ccc(F)cc2)cc1. The number of rotatable bonds is 7. The monoisotopic (exact) mass is 452 g/mol. The average Bonchev–Trinajstić information content (AvgIpc) is 3.22. The smallest absolute Gasteiger partial charge is 0.252 e. The van der Waals surface area contributed by atoms with E-state index in [1.807, 2.05) is 6.07 Å². The van der Waals surface area contributed by atoms with Crippen LogP contribution < -0.4 is 10.0 Å². The van der Waals surface area contributed by atoms with Gasteiger partial charge in [-0.15, -0.1) is 0 Å². The van der Waals surface area contributed by atoms with E-state index in [0.29, 0.717) is 23.2 Å². The predicted molar refractivity (Wildman–Crippen MR) is 120 cm³/mol. The molecule has 0 radical (unpaired) electrons. The lowest BCUT2D eigenvalue weighted by atomic mass is 10.1. The van der Waals surface area contributed by atoms with E-state index in [1.54, 1.807) is 54.2 Å². The molecule has 1 amide bonds. The third-order valence-corrected chi connectivity index (χ3v) is 6.51. The number of amides is 1. The molecule has 3 aromatic carbocycles. The second-order valence-corrected chi connectivity index (χ2v) is 8.87. The van der Waals surface area contributed by atoms with E-state index in [-0.39, 0.29) is 23.2 Å². The lowest BCUT2D eigenvalue weighted by Gasteiger charge is -2.09. The van der Waals surface area contributed by atoms with Gasteiger partial charge in [0.1, 0.15) is 5.82 Å². The number of nitrogens with one attached hydrogen (secondary N) is 2. The number of nitrogens with zero attached hydrogens (tertiary/aromatic N) is 2. The van der Waals surface area contributed by atoms with Gasteiger partial charge in [0.2, 0.25) is 10.0 Å². The molecule has 9 heteroatoms. The Labute approximate surface area is 184 Å². The molecule has 0 saturated carbocycles. The van der Waals surface area contributed by atoms with Crippen molar-refractivity contribution < 1.29 is 17.6 Å². The molecule has 0 aliphatic carbocycles. The molecule has 0 aliphatic heterocycles. The Balaban J connectivity index is 1.52. The average molecular weight is 453 g/mol. The fourth-order valence-corrected chi connectivity index (χ4v) is 4.42. The molecule has 0 saturated heterocycles. The van der Waals surface area contributed by atoms with Crippen LogP contribution in [0, 0.1) is 5.82 Å². The van der Waals surface area contributed by atoms with Crippen LogP contribution in [0.2, 0.25) is 0 Å². The molecule has 164 valence electrons. The number of hydrogen-bond acceptors (Lipinski definition) is 4. The summed E-state index contributed by atoms with van der Waals surface area (Å²) in [6, 6.07) is 17.6. The van der Waals surface area contributed by atoms with Gasteiger partial charge in [0.05, 0.1) is 27.9 Å². The molecule has 0 unspecified atom stereocenters. The molecule has 1 aromatic heterocycles. The molecule has 2 N–H and O–H groups in total. The Bertz CT molecular complexity index is 1360. The lowest BCUT2D eigenvalue weighted by molar-refractivity contribution is 0.0952. The third-order valence-electron chi connectivity index (χ3n) is 4.95. The normalized spacial score (nSPS) is 11.6. The van der Waals surface area contributed by atoms with Crippen LogP contribution in [0.3, 0.4) is 0 Å². The highest BCUT2D eigenvalue weighted by atomic mass is 32.2. The zero-order valence-electron chi connectivity index (χ0n) is 17.2. The van der Waals surface area contributed by atoms with Gasteiger partial charge in [0, 0.05) is 18.5 Å². The summed E-state index contributed by atoms with van der Waals surface area (Å²) in [7, 11) is -3.52. The summed E-state index contributed by atoms with van der Waals surface area (Å²) >= 11 is 0. The number of benzene rings is 3. The summed E-state index contributed by atoms with van der Waals surface area (Å²) in [6.45, 7) is 2.26. The molecule has 4 rings (SSSR count). The molecule has 32 heavy (non-hydrogen) atoms. The van der Waals surface area contributed by atoms with Crippen molar-refractivity contribution >= 4 is 26.8 Å². The number of aromatic nitrogens is 2. The van der Waals surface area contributed by atoms with Crippen LogP contribution in [0.5, 0.6) is 0 Å². The zero-order chi connectivity index (χ0) is 22.7. The Morgan fingerprint density at radius 1 is 1.03 bits per heavy atom. The van der Waals surface area contributed by atoms with Gasteiger partial charge in [-0.2, -0.15) is 5.10 Å². The Hall–Kier alpha value is -3.56. The van der Waals surface area contributed by atoms with Gasteiger partial charge in [-0.05, 0) is 54.1 Å². The molecular weight excluding hydrogens is 431 g/mol. The van der Waals surface area contributed by atoms with Crippen molar-refractivity contribution in [3.05, 3.63) is 89.9 Å². The number of fused-ring (bicyclic) bond motifs is 1. The van der Waals surface area contributed by atoms with Crippen molar-refractivity contribution in [3.8, 4) is 5.69 Å². The van der Waals surface area contributed by atoms with E-state index in [1.165, 1.54) is 24.3 Å². The minimum atomic E-state index is -3.52. The van der Waals surface area contributed by atoms with E-state index in [2.05, 4.69) is 15.1 Å². The second kappa shape index (κ2) is 8.89. The van der Waals surface area contributed by atoms with Gasteiger partial charge in [-0.25, -0.2) is 22.2 Å². The fraction of sp³-hybridized carbons (Fsp3) is 0.130. The third kappa shape index (κ3) is 4.39. The van der Waals surface area contributed by atoms with Crippen molar-refractivity contribution in [2.24, 2.45) is 0 Å². The van der Waals surface area contributed by atoms with Crippen LogP contribution in [0.15, 0.2) is 77.8 Å². The van der Waals surface area contributed by atoms with Gasteiger partial charge >= 0.3 is 0 Å².